The summed E-state index contributed by atoms with van der Waals surface area (Å²) in [5.74, 6) is -0.125. The number of pyridine rings is 2. The van der Waals surface area contributed by atoms with E-state index in [1.807, 2.05) is 59.3 Å². The first-order chi connectivity index (χ1) is 36.4. The minimum absolute atomic E-state index is 0. The molecule has 11 rings (SSSR count). The number of aromatic nitrogens is 2. The number of allylic oxidation sites excluding steroid dienone is 4. The Kier molecular flexibility index (Phi) is 21.8. The fraction of sp³-hybridized carbons (Fsp3) is 0.0746. The monoisotopic (exact) mass is 1400 g/mol. The second-order valence-corrected chi connectivity index (χ2v) is 19.7. The third-order valence-electron chi connectivity index (χ3n) is 11.7. The van der Waals surface area contributed by atoms with E-state index < -0.39 is 0 Å². The van der Waals surface area contributed by atoms with Crippen LogP contribution in [-0.4, -0.2) is 31.7 Å². The Labute approximate surface area is 485 Å². The molecule has 0 fully saturated rings. The van der Waals surface area contributed by atoms with Crippen LogP contribution in [0, 0.1) is 19.1 Å². The van der Waals surface area contributed by atoms with Gasteiger partial charge in [0, 0.05) is 100 Å². The summed E-state index contributed by atoms with van der Waals surface area (Å²) in [7, 11) is 0. The first kappa shape index (κ1) is 58.7. The molecule has 2 N–H and O–H groups in total. The van der Waals surface area contributed by atoms with Gasteiger partial charge in [-0.3, -0.25) is 9.59 Å². The fourth-order valence-electron chi connectivity index (χ4n) is 8.39. The van der Waals surface area contributed by atoms with Crippen molar-refractivity contribution in [3.8, 4) is 76.8 Å². The number of hydrogen-bond donors (Lipinski definition) is 2. The van der Waals surface area contributed by atoms with Crippen LogP contribution in [0.25, 0.3) is 96.9 Å². The molecule has 0 saturated carbocycles. The molecule has 0 atom stereocenters. The Morgan fingerprint density at radius 3 is 1.18 bits per heavy atom. The molecule has 11 aromatic rings. The Morgan fingerprint density at radius 2 is 0.792 bits per heavy atom. The number of carbonyl (C=O) groups is 2. The molecule has 2 radical (unpaired) electrons. The van der Waals surface area contributed by atoms with E-state index in [4.69, 9.17) is 20.2 Å². The van der Waals surface area contributed by atoms with Crippen LogP contribution in [0.5, 0.6) is 0 Å². The van der Waals surface area contributed by atoms with Crippen molar-refractivity contribution in [1.82, 2.24) is 9.97 Å². The Hall–Kier alpha value is -7.52. The van der Waals surface area contributed by atoms with Crippen LogP contribution in [-0.2, 0) is 49.8 Å². The van der Waals surface area contributed by atoms with Crippen molar-refractivity contribution < 1.29 is 60.0 Å². The number of thiophene rings is 2. The Bertz CT molecular complexity index is 3730. The van der Waals surface area contributed by atoms with Crippen LogP contribution in [0.15, 0.2) is 236 Å². The molecule has 0 aliphatic heterocycles. The SMILES string of the molecule is CC(=O)C=C(C)O.CC(=O)C=C(C)O.Cc1c(-c2ccccc2)sc2cc(-c3[c-]ccc(-c4ccccc4)c3)ncc12.[Ir].[Ir].[c-]1ccc(-c2ccccc2)cc1-c1cc2sc(-c3ccccc3)c(-c3ccccc3)c2cn1. The van der Waals surface area contributed by atoms with E-state index in [0.717, 1.165) is 22.5 Å². The van der Waals surface area contributed by atoms with Gasteiger partial charge in [-0.15, -0.1) is 93.5 Å². The predicted octanol–water partition coefficient (Wildman–Crippen LogP) is 18.2. The summed E-state index contributed by atoms with van der Waals surface area (Å²) >= 11 is 3.66. The molecule has 0 aliphatic carbocycles. The summed E-state index contributed by atoms with van der Waals surface area (Å²) in [6.07, 6.45) is 6.37. The van der Waals surface area contributed by atoms with Crippen molar-refractivity contribution in [2.75, 3.05) is 0 Å². The zero-order valence-corrected chi connectivity index (χ0v) is 49.4. The van der Waals surface area contributed by atoms with Crippen molar-refractivity contribution in [3.05, 3.63) is 254 Å². The smallest absolute Gasteiger partial charge is 0.155 e. The zero-order valence-electron chi connectivity index (χ0n) is 43.0. The minimum atomic E-state index is -0.125. The zero-order chi connectivity index (χ0) is 52.7. The van der Waals surface area contributed by atoms with E-state index in [2.05, 4.69) is 195 Å². The molecule has 0 amide bonds. The van der Waals surface area contributed by atoms with Crippen molar-refractivity contribution >= 4 is 54.4 Å². The van der Waals surface area contributed by atoms with Gasteiger partial charge in [0.05, 0.1) is 11.5 Å². The van der Waals surface area contributed by atoms with Gasteiger partial charge in [0.1, 0.15) is 0 Å². The summed E-state index contributed by atoms with van der Waals surface area (Å²) in [5.41, 5.74) is 15.0. The number of hydrogen-bond acceptors (Lipinski definition) is 8. The molecule has 4 heterocycles. The maximum atomic E-state index is 10.0. The molecule has 0 aliphatic rings. The van der Waals surface area contributed by atoms with Crippen molar-refractivity contribution in [2.45, 2.75) is 34.6 Å². The summed E-state index contributed by atoms with van der Waals surface area (Å²) in [6, 6.07) is 76.3. The fourth-order valence-corrected chi connectivity index (χ4v) is 10.8. The largest absolute Gasteiger partial charge is 0.512 e. The quantitative estimate of drug-likeness (QED) is 0.0848. The number of fused-ring (bicyclic) bond motifs is 2. The van der Waals surface area contributed by atoms with Crippen LogP contribution >= 0.6 is 22.7 Å². The molecular weight excluding hydrogens is 1350 g/mol. The summed E-state index contributed by atoms with van der Waals surface area (Å²) < 4.78 is 2.50. The second kappa shape index (κ2) is 28.6. The molecule has 0 unspecified atom stereocenters. The van der Waals surface area contributed by atoms with Crippen molar-refractivity contribution in [2.24, 2.45) is 0 Å². The van der Waals surface area contributed by atoms with Crippen LogP contribution in [0.2, 0.25) is 0 Å². The Morgan fingerprint density at radius 1 is 0.442 bits per heavy atom. The summed E-state index contributed by atoms with van der Waals surface area (Å²) in [5, 5.41) is 19.1. The van der Waals surface area contributed by atoms with Gasteiger partial charge in [-0.2, -0.15) is 0 Å². The third-order valence-corrected chi connectivity index (χ3v) is 14.2. The number of aliphatic hydroxyl groups is 2. The van der Waals surface area contributed by atoms with E-state index in [1.165, 1.54) is 120 Å². The number of aryl methyl sites for hydroxylation is 1. The third kappa shape index (κ3) is 15.8. The molecule has 0 spiro atoms. The Balaban J connectivity index is 0.000000198. The maximum absolute atomic E-state index is 10.0. The molecule has 4 aromatic heterocycles. The molecular formula is C67H54Ir2N2O4S2-2. The van der Waals surface area contributed by atoms with Gasteiger partial charge in [-0.05, 0) is 79.4 Å². The van der Waals surface area contributed by atoms with Crippen molar-refractivity contribution in [3.63, 3.8) is 0 Å². The topological polar surface area (TPSA) is 100 Å². The van der Waals surface area contributed by atoms with Crippen LogP contribution in [0.1, 0.15) is 33.3 Å². The number of aliphatic hydroxyl groups excluding tert-OH is 2. The standard InChI is InChI=1S/C31H20NS.C26H18NS.2C5H8O2.2Ir/c1-4-11-22(12-5-1)25-17-10-18-26(19-25)28-20-29-27(21-32-28)30(23-13-6-2-7-14-23)31(33-29)24-15-8-3-9-16-24;1-18-23-17-27-24(16-25(23)28-26(18)20-11-6-3-7-12-20)22-14-8-13-21(15-22)19-9-4-2-5-10-19;2*1-4(6)3-5(2)7;;/h1-17,19-21H;2-13,15-17H,1H3;2*3,6H,1-2H3;;/q2*-1;;;;. The molecule has 77 heavy (non-hydrogen) atoms. The predicted molar refractivity (Wildman–Crippen MR) is 314 cm³/mol. The molecule has 6 nitrogen and oxygen atoms in total. The molecule has 388 valence electrons. The van der Waals surface area contributed by atoms with Gasteiger partial charge in [0.2, 0.25) is 0 Å². The van der Waals surface area contributed by atoms with Gasteiger partial charge in [0.15, 0.2) is 11.6 Å². The number of benzene rings is 7. The molecule has 7 aromatic carbocycles. The van der Waals surface area contributed by atoms with Crippen LogP contribution in [0.4, 0.5) is 0 Å². The maximum Gasteiger partial charge on any atom is 0.155 e. The molecule has 0 bridgehead atoms. The first-order valence-electron chi connectivity index (χ1n) is 24.3. The van der Waals surface area contributed by atoms with E-state index >= 15 is 0 Å². The molecule has 0 saturated heterocycles. The van der Waals surface area contributed by atoms with Gasteiger partial charge >= 0.3 is 0 Å². The van der Waals surface area contributed by atoms with Gasteiger partial charge in [0.25, 0.3) is 0 Å². The van der Waals surface area contributed by atoms with E-state index in [-0.39, 0.29) is 63.3 Å². The number of carbonyl (C=O) groups excluding carboxylic acids is 2. The van der Waals surface area contributed by atoms with Crippen LogP contribution in [0.3, 0.4) is 0 Å². The molecule has 10 heteroatoms. The first-order valence-corrected chi connectivity index (χ1v) is 25.9. The van der Waals surface area contributed by atoms with Gasteiger partial charge < -0.3 is 20.2 Å². The van der Waals surface area contributed by atoms with Gasteiger partial charge in [-0.25, -0.2) is 0 Å². The van der Waals surface area contributed by atoms with E-state index in [9.17, 15) is 9.59 Å². The number of ketones is 2. The number of nitrogens with zero attached hydrogens (tertiary/aromatic N) is 2. The van der Waals surface area contributed by atoms with Crippen molar-refractivity contribution in [1.29, 1.82) is 0 Å². The van der Waals surface area contributed by atoms with E-state index in [0.29, 0.717) is 0 Å². The summed E-state index contributed by atoms with van der Waals surface area (Å²) in [4.78, 5) is 32.3. The van der Waals surface area contributed by atoms with Crippen LogP contribution < -0.4 is 0 Å². The average molecular weight is 1400 g/mol. The van der Waals surface area contributed by atoms with E-state index in [1.54, 1.807) is 0 Å². The van der Waals surface area contributed by atoms with Gasteiger partial charge in [-0.1, -0.05) is 164 Å². The average Bonchev–Trinajstić information content (AvgIpc) is 4.10. The summed E-state index contributed by atoms with van der Waals surface area (Å²) in [6.45, 7) is 7.88. The second-order valence-electron chi connectivity index (χ2n) is 17.6. The normalized spacial score (nSPS) is 10.8. The number of rotatable bonds is 9. The minimum Gasteiger partial charge on any atom is -0.512 e.